The Hall–Kier alpha value is -2.79. The summed E-state index contributed by atoms with van der Waals surface area (Å²) in [5.74, 6) is 0.485. The minimum atomic E-state index is -0.173. The maximum atomic E-state index is 12.0. The van der Waals surface area contributed by atoms with E-state index in [0.29, 0.717) is 5.92 Å². The number of furan rings is 1. The number of nitrogens with zero attached hydrogens (tertiary/aromatic N) is 3. The van der Waals surface area contributed by atoms with Crippen molar-refractivity contribution in [3.63, 3.8) is 0 Å². The molecule has 1 saturated carbocycles. The molecule has 0 saturated heterocycles. The number of para-hydroxylation sites is 1. The Balaban J connectivity index is 1.28. The van der Waals surface area contributed by atoms with Crippen LogP contribution in [0.1, 0.15) is 62.1 Å². The maximum Gasteiger partial charge on any atom is 0.141 e. The van der Waals surface area contributed by atoms with Crippen molar-refractivity contribution in [1.82, 2.24) is 9.88 Å². The number of nitroso groups, excluding NO2 is 1. The van der Waals surface area contributed by atoms with E-state index in [4.69, 9.17) is 4.42 Å². The average Bonchev–Trinajstić information content (AvgIpc) is 3.37. The van der Waals surface area contributed by atoms with Gasteiger partial charge in [0.1, 0.15) is 11.6 Å². The number of hydrogen-bond acceptors (Lipinski definition) is 5. The highest BCUT2D eigenvalue weighted by Crippen LogP contribution is 2.37. The summed E-state index contributed by atoms with van der Waals surface area (Å²) in [7, 11) is 0. The summed E-state index contributed by atoms with van der Waals surface area (Å²) >= 11 is 0. The summed E-state index contributed by atoms with van der Waals surface area (Å²) in [6.07, 6.45) is 13.8. The molecule has 3 heterocycles. The summed E-state index contributed by atoms with van der Waals surface area (Å²) in [6.45, 7) is 2.89. The van der Waals surface area contributed by atoms with E-state index >= 15 is 0 Å². The number of aromatic nitrogens is 1. The highest BCUT2D eigenvalue weighted by molar-refractivity contribution is 5.89. The first-order valence-corrected chi connectivity index (χ1v) is 12.4. The predicted octanol–water partition coefficient (Wildman–Crippen LogP) is 6.81. The van der Waals surface area contributed by atoms with Gasteiger partial charge in [-0.05, 0) is 61.9 Å². The van der Waals surface area contributed by atoms with Crippen LogP contribution in [-0.2, 0) is 0 Å². The number of fused-ring (bicyclic) bond motifs is 1. The third kappa shape index (κ3) is 4.93. The first-order chi connectivity index (χ1) is 16.3. The third-order valence-electron chi connectivity index (χ3n) is 7.61. The molecule has 0 bridgehead atoms. The molecule has 172 valence electrons. The molecule has 0 spiro atoms. The molecule has 5 nitrogen and oxygen atoms in total. The molecule has 5 heteroatoms. The molecule has 3 aromatic rings. The topological polar surface area (TPSA) is 58.7 Å². The van der Waals surface area contributed by atoms with E-state index in [-0.39, 0.29) is 12.0 Å². The van der Waals surface area contributed by atoms with E-state index in [1.165, 1.54) is 30.4 Å². The van der Waals surface area contributed by atoms with Crippen LogP contribution in [-0.4, -0.2) is 35.6 Å². The van der Waals surface area contributed by atoms with Gasteiger partial charge in [-0.25, -0.2) is 0 Å². The van der Waals surface area contributed by atoms with E-state index < -0.39 is 0 Å². The van der Waals surface area contributed by atoms with Crippen molar-refractivity contribution in [2.75, 3.05) is 19.6 Å². The second-order valence-corrected chi connectivity index (χ2v) is 9.57. The highest BCUT2D eigenvalue weighted by atomic mass is 16.3. The number of pyridine rings is 1. The first-order valence-electron chi connectivity index (χ1n) is 12.4. The van der Waals surface area contributed by atoms with Crippen LogP contribution in [0.3, 0.4) is 0 Å². The molecule has 5 rings (SSSR count). The molecule has 2 aliphatic rings. The number of rotatable bonds is 8. The average molecular weight is 444 g/mol. The van der Waals surface area contributed by atoms with Gasteiger partial charge in [-0.1, -0.05) is 54.8 Å². The second-order valence-electron chi connectivity index (χ2n) is 9.57. The van der Waals surface area contributed by atoms with Crippen LogP contribution in [0.5, 0.6) is 0 Å². The van der Waals surface area contributed by atoms with Crippen molar-refractivity contribution in [3.8, 4) is 0 Å². The summed E-state index contributed by atoms with van der Waals surface area (Å²) in [5.41, 5.74) is 4.58. The third-order valence-corrected chi connectivity index (χ3v) is 7.61. The van der Waals surface area contributed by atoms with Crippen molar-refractivity contribution in [2.45, 2.75) is 56.9 Å². The summed E-state index contributed by atoms with van der Waals surface area (Å²) < 4.78 is 5.75. The Morgan fingerprint density at radius 3 is 2.76 bits per heavy atom. The fraction of sp³-hybridized carbons (Fsp3) is 0.464. The zero-order chi connectivity index (χ0) is 22.5. The van der Waals surface area contributed by atoms with Crippen molar-refractivity contribution < 1.29 is 4.42 Å². The normalized spacial score (nSPS) is 19.8. The summed E-state index contributed by atoms with van der Waals surface area (Å²) in [5, 5.41) is 4.85. The lowest BCUT2D eigenvalue weighted by Gasteiger charge is -2.33. The quantitative estimate of drug-likeness (QED) is 0.359. The predicted molar refractivity (Wildman–Crippen MR) is 133 cm³/mol. The SMILES string of the molecule is O=NC(C1CCCCC1)C(CCN1CC=C(c2cccc3ccoc23)CC1)c1ccccn1. The zero-order valence-electron chi connectivity index (χ0n) is 19.2. The van der Waals surface area contributed by atoms with E-state index in [9.17, 15) is 4.91 Å². The fourth-order valence-electron chi connectivity index (χ4n) is 5.78. The standard InChI is InChI=1S/C28H33N3O2/c32-30-27(22-7-2-1-3-8-22)25(26-11-4-5-16-29-26)14-19-31-17-12-21(13-18-31)24-10-6-9-23-15-20-33-28(23)24/h4-6,9-12,15-16,20,22,25,27H,1-3,7-8,13-14,17-19H2. The Bertz CT molecular complexity index is 1080. The summed E-state index contributed by atoms with van der Waals surface area (Å²) in [6, 6.07) is 14.3. The molecule has 1 aromatic carbocycles. The van der Waals surface area contributed by atoms with Crippen LogP contribution < -0.4 is 0 Å². The van der Waals surface area contributed by atoms with E-state index in [1.807, 2.05) is 24.4 Å². The lowest BCUT2D eigenvalue weighted by molar-refractivity contribution is 0.240. The summed E-state index contributed by atoms with van der Waals surface area (Å²) in [4.78, 5) is 19.2. The van der Waals surface area contributed by atoms with Gasteiger partial charge in [-0.3, -0.25) is 9.88 Å². The van der Waals surface area contributed by atoms with Gasteiger partial charge >= 0.3 is 0 Å². The van der Waals surface area contributed by atoms with Crippen LogP contribution in [0.25, 0.3) is 16.5 Å². The number of benzene rings is 1. The lowest BCUT2D eigenvalue weighted by atomic mass is 9.77. The van der Waals surface area contributed by atoms with Gasteiger partial charge in [-0.15, -0.1) is 0 Å². The first kappa shape index (κ1) is 22.0. The Kier molecular flexibility index (Phi) is 6.96. The highest BCUT2D eigenvalue weighted by Gasteiger charge is 2.33. The molecule has 0 N–H and O–H groups in total. The van der Waals surface area contributed by atoms with Crippen molar-refractivity contribution in [2.24, 2.45) is 11.1 Å². The second kappa shape index (κ2) is 10.4. The molecule has 2 atom stereocenters. The molecule has 1 aliphatic heterocycles. The van der Waals surface area contributed by atoms with Crippen LogP contribution in [0.15, 0.2) is 70.6 Å². The monoisotopic (exact) mass is 443 g/mol. The zero-order valence-corrected chi connectivity index (χ0v) is 19.2. The van der Waals surface area contributed by atoms with Gasteiger partial charge in [-0.2, -0.15) is 4.91 Å². The van der Waals surface area contributed by atoms with Crippen LogP contribution in [0.4, 0.5) is 0 Å². The Morgan fingerprint density at radius 1 is 1.09 bits per heavy atom. The van der Waals surface area contributed by atoms with Gasteiger partial charge in [0.05, 0.1) is 6.26 Å². The van der Waals surface area contributed by atoms with Crippen molar-refractivity contribution >= 4 is 16.5 Å². The van der Waals surface area contributed by atoms with Crippen LogP contribution >= 0.6 is 0 Å². The molecule has 1 aliphatic carbocycles. The van der Waals surface area contributed by atoms with E-state index in [2.05, 4.69) is 45.4 Å². The van der Waals surface area contributed by atoms with Gasteiger partial charge in [0, 0.05) is 41.8 Å². The van der Waals surface area contributed by atoms with Gasteiger partial charge in [0.2, 0.25) is 0 Å². The molecule has 33 heavy (non-hydrogen) atoms. The maximum absolute atomic E-state index is 12.0. The van der Waals surface area contributed by atoms with Gasteiger partial charge in [0.15, 0.2) is 0 Å². The molecule has 0 amide bonds. The molecule has 0 radical (unpaired) electrons. The van der Waals surface area contributed by atoms with Gasteiger partial charge < -0.3 is 4.42 Å². The smallest absolute Gasteiger partial charge is 0.141 e. The van der Waals surface area contributed by atoms with E-state index in [1.54, 1.807) is 6.26 Å². The fourth-order valence-corrected chi connectivity index (χ4v) is 5.78. The van der Waals surface area contributed by atoms with Crippen molar-refractivity contribution in [1.29, 1.82) is 0 Å². The van der Waals surface area contributed by atoms with E-state index in [0.717, 1.165) is 62.0 Å². The molecule has 2 aromatic heterocycles. The number of hydrogen-bond donors (Lipinski definition) is 0. The molecular weight excluding hydrogens is 410 g/mol. The van der Waals surface area contributed by atoms with Crippen molar-refractivity contribution in [3.05, 3.63) is 77.2 Å². The van der Waals surface area contributed by atoms with Crippen LogP contribution in [0, 0.1) is 10.8 Å². The van der Waals surface area contributed by atoms with Crippen LogP contribution in [0.2, 0.25) is 0 Å². The minimum Gasteiger partial charge on any atom is -0.464 e. The lowest BCUT2D eigenvalue weighted by Crippen LogP contribution is -2.34. The van der Waals surface area contributed by atoms with Gasteiger partial charge in [0.25, 0.3) is 0 Å². The Morgan fingerprint density at radius 2 is 2.00 bits per heavy atom. The molecule has 1 fully saturated rings. The largest absolute Gasteiger partial charge is 0.464 e. The minimum absolute atomic E-state index is 0.0917. The molecule has 2 unspecified atom stereocenters. The molecular formula is C28H33N3O2. The Labute approximate surface area is 195 Å².